The number of aromatic carboxylic acids is 1. The summed E-state index contributed by atoms with van der Waals surface area (Å²) in [5.41, 5.74) is 9.62. The van der Waals surface area contributed by atoms with E-state index >= 15 is 0 Å². The molecule has 32 heavy (non-hydrogen) atoms. The maximum atomic E-state index is 11.1. The third-order valence-corrected chi connectivity index (χ3v) is 6.48. The summed E-state index contributed by atoms with van der Waals surface area (Å²) < 4.78 is 12.6. The van der Waals surface area contributed by atoms with Crippen LogP contribution >= 0.6 is 11.8 Å². The first-order valence-corrected chi connectivity index (χ1v) is 11.3. The molecule has 1 aliphatic rings. The third-order valence-electron chi connectivity index (χ3n) is 5.33. The van der Waals surface area contributed by atoms with Gasteiger partial charge in [-0.2, -0.15) is 0 Å². The number of nitrogens with two attached hydrogens (primary N) is 1. The van der Waals surface area contributed by atoms with Crippen molar-refractivity contribution >= 4 is 23.4 Å². The largest absolute Gasteiger partial charge is 0.478 e. The Morgan fingerprint density at radius 3 is 2.41 bits per heavy atom. The zero-order valence-electron chi connectivity index (χ0n) is 17.4. The molecular formula is C25H25NO5S. The van der Waals surface area contributed by atoms with Gasteiger partial charge in [0.15, 0.2) is 6.29 Å². The number of aliphatic hydroxyl groups is 1. The average molecular weight is 452 g/mol. The van der Waals surface area contributed by atoms with E-state index in [0.717, 1.165) is 21.6 Å². The summed E-state index contributed by atoms with van der Waals surface area (Å²) in [7, 11) is 0. The van der Waals surface area contributed by atoms with Gasteiger partial charge in [-0.1, -0.05) is 36.4 Å². The van der Waals surface area contributed by atoms with E-state index in [-0.39, 0.29) is 24.4 Å². The minimum Gasteiger partial charge on any atom is -0.478 e. The Hall–Kier alpha value is -2.84. The Balaban J connectivity index is 1.51. The van der Waals surface area contributed by atoms with Crippen LogP contribution in [0.3, 0.4) is 0 Å². The summed E-state index contributed by atoms with van der Waals surface area (Å²) >= 11 is 1.62. The standard InChI is InChI=1S/C25H25NO5S/c26-20-3-1-2-19(12-20)25-30-21(15-32-22-10-8-18(9-11-22)24(28)29)13-23(31-25)17-6-4-16(14-27)5-7-17/h1-12,21,23,25,27H,13-15,26H2,(H,28,29)/t21-,23+,25+/m1/s1. The third kappa shape index (κ3) is 5.49. The molecule has 1 aliphatic heterocycles. The van der Waals surface area contributed by atoms with Crippen molar-refractivity contribution in [2.45, 2.75) is 36.4 Å². The van der Waals surface area contributed by atoms with Crippen LogP contribution in [0.15, 0.2) is 77.7 Å². The van der Waals surface area contributed by atoms with Gasteiger partial charge in [0, 0.05) is 28.3 Å². The van der Waals surface area contributed by atoms with Gasteiger partial charge in [0.25, 0.3) is 0 Å². The van der Waals surface area contributed by atoms with Crippen molar-refractivity contribution in [1.82, 2.24) is 0 Å². The maximum absolute atomic E-state index is 11.1. The molecule has 4 rings (SSSR count). The Bertz CT molecular complexity index is 1050. The highest BCUT2D eigenvalue weighted by Gasteiger charge is 2.32. The van der Waals surface area contributed by atoms with E-state index in [1.807, 2.05) is 60.7 Å². The number of thioether (sulfide) groups is 1. The SMILES string of the molecule is Nc1cccc([C@H]2O[C@@H](CSc3ccc(C(=O)O)cc3)C[C@@H](c3ccc(CO)cc3)O2)c1. The first-order chi connectivity index (χ1) is 15.5. The fourth-order valence-corrected chi connectivity index (χ4v) is 4.53. The molecule has 3 aromatic rings. The minimum atomic E-state index is -0.936. The van der Waals surface area contributed by atoms with Crippen molar-refractivity contribution in [1.29, 1.82) is 0 Å². The zero-order chi connectivity index (χ0) is 22.5. The molecule has 1 heterocycles. The van der Waals surface area contributed by atoms with Gasteiger partial charge in [0.2, 0.25) is 0 Å². The number of rotatable bonds is 7. The quantitative estimate of drug-likeness (QED) is 0.350. The maximum Gasteiger partial charge on any atom is 0.335 e. The lowest BCUT2D eigenvalue weighted by molar-refractivity contribution is -0.245. The van der Waals surface area contributed by atoms with E-state index in [4.69, 9.17) is 20.3 Å². The molecular weight excluding hydrogens is 426 g/mol. The van der Waals surface area contributed by atoms with Crippen molar-refractivity contribution in [3.05, 3.63) is 95.1 Å². The molecule has 3 atom stereocenters. The summed E-state index contributed by atoms with van der Waals surface area (Å²) in [6.45, 7) is 0.000759. The molecule has 4 N–H and O–H groups in total. The van der Waals surface area contributed by atoms with Crippen molar-refractivity contribution < 1.29 is 24.5 Å². The van der Waals surface area contributed by atoms with Gasteiger partial charge in [0.1, 0.15) is 0 Å². The second kappa shape index (κ2) is 10.2. The molecule has 0 spiro atoms. The fourth-order valence-electron chi connectivity index (χ4n) is 3.61. The highest BCUT2D eigenvalue weighted by atomic mass is 32.2. The van der Waals surface area contributed by atoms with E-state index in [2.05, 4.69) is 0 Å². The van der Waals surface area contributed by atoms with Crippen molar-refractivity contribution in [3.8, 4) is 0 Å². The Kier molecular flexibility index (Phi) is 7.12. The van der Waals surface area contributed by atoms with Gasteiger partial charge in [-0.15, -0.1) is 11.8 Å². The number of anilines is 1. The first kappa shape index (κ1) is 22.4. The zero-order valence-corrected chi connectivity index (χ0v) is 18.2. The van der Waals surface area contributed by atoms with Crippen LogP contribution in [0.4, 0.5) is 5.69 Å². The summed E-state index contributed by atoms with van der Waals surface area (Å²) in [5, 5.41) is 18.4. The Morgan fingerprint density at radius 1 is 1.00 bits per heavy atom. The molecule has 3 aromatic carbocycles. The monoisotopic (exact) mass is 451 g/mol. The number of carbonyl (C=O) groups is 1. The number of carboxylic acid groups (broad SMARTS) is 1. The van der Waals surface area contributed by atoms with E-state index in [0.29, 0.717) is 17.9 Å². The van der Waals surface area contributed by atoms with E-state index < -0.39 is 12.3 Å². The summed E-state index contributed by atoms with van der Waals surface area (Å²) in [6.07, 6.45) is -0.114. The number of carboxylic acids is 1. The number of hydrogen-bond acceptors (Lipinski definition) is 6. The predicted octanol–water partition coefficient (Wildman–Crippen LogP) is 4.80. The molecule has 1 saturated heterocycles. The molecule has 0 radical (unpaired) electrons. The lowest BCUT2D eigenvalue weighted by Crippen LogP contribution is -2.31. The van der Waals surface area contributed by atoms with Gasteiger partial charge in [0.05, 0.1) is 24.4 Å². The second-order valence-electron chi connectivity index (χ2n) is 7.66. The van der Waals surface area contributed by atoms with Gasteiger partial charge in [-0.3, -0.25) is 0 Å². The molecule has 0 aliphatic carbocycles. The van der Waals surface area contributed by atoms with E-state index in [1.165, 1.54) is 0 Å². The minimum absolute atomic E-state index is 0.000759. The van der Waals surface area contributed by atoms with Crippen molar-refractivity contribution in [3.63, 3.8) is 0 Å². The lowest BCUT2D eigenvalue weighted by atomic mass is 10.0. The fraction of sp³-hybridized carbons (Fsp3) is 0.240. The summed E-state index contributed by atoms with van der Waals surface area (Å²) in [4.78, 5) is 12.0. The van der Waals surface area contributed by atoms with Crippen LogP contribution in [0, 0.1) is 0 Å². The number of aliphatic hydroxyl groups excluding tert-OH is 1. The normalized spacial score (nSPS) is 20.7. The van der Waals surface area contributed by atoms with Crippen LogP contribution in [0.1, 0.15) is 45.9 Å². The van der Waals surface area contributed by atoms with Crippen LogP contribution in [-0.4, -0.2) is 28.0 Å². The second-order valence-corrected chi connectivity index (χ2v) is 8.75. The number of benzene rings is 3. The molecule has 0 saturated carbocycles. The Labute approximate surface area is 191 Å². The van der Waals surface area contributed by atoms with Crippen LogP contribution in [-0.2, 0) is 16.1 Å². The van der Waals surface area contributed by atoms with Gasteiger partial charge < -0.3 is 25.4 Å². The number of hydrogen-bond donors (Lipinski definition) is 3. The number of nitrogen functional groups attached to an aromatic ring is 1. The van der Waals surface area contributed by atoms with Crippen LogP contribution in [0.5, 0.6) is 0 Å². The first-order valence-electron chi connectivity index (χ1n) is 10.3. The van der Waals surface area contributed by atoms with Crippen molar-refractivity contribution in [2.24, 2.45) is 0 Å². The van der Waals surface area contributed by atoms with Gasteiger partial charge >= 0.3 is 5.97 Å². The molecule has 166 valence electrons. The molecule has 0 aromatic heterocycles. The number of ether oxygens (including phenoxy) is 2. The predicted molar refractivity (Wildman–Crippen MR) is 123 cm³/mol. The smallest absolute Gasteiger partial charge is 0.335 e. The topological polar surface area (TPSA) is 102 Å². The molecule has 0 unspecified atom stereocenters. The molecule has 0 bridgehead atoms. The van der Waals surface area contributed by atoms with Gasteiger partial charge in [-0.05, 0) is 47.5 Å². The molecule has 6 nitrogen and oxygen atoms in total. The molecule has 0 amide bonds. The summed E-state index contributed by atoms with van der Waals surface area (Å²) in [5.74, 6) is -0.242. The van der Waals surface area contributed by atoms with Crippen LogP contribution in [0.2, 0.25) is 0 Å². The van der Waals surface area contributed by atoms with E-state index in [9.17, 15) is 9.90 Å². The molecule has 7 heteroatoms. The molecule has 1 fully saturated rings. The van der Waals surface area contributed by atoms with Crippen LogP contribution < -0.4 is 5.73 Å². The van der Waals surface area contributed by atoms with Crippen molar-refractivity contribution in [2.75, 3.05) is 11.5 Å². The van der Waals surface area contributed by atoms with Gasteiger partial charge in [-0.25, -0.2) is 4.79 Å². The summed E-state index contributed by atoms with van der Waals surface area (Å²) in [6, 6.07) is 22.1. The Morgan fingerprint density at radius 2 is 1.75 bits per heavy atom. The lowest BCUT2D eigenvalue weighted by Gasteiger charge is -2.36. The average Bonchev–Trinajstić information content (AvgIpc) is 2.83. The highest BCUT2D eigenvalue weighted by Crippen LogP contribution is 2.39. The van der Waals surface area contributed by atoms with E-state index in [1.54, 1.807) is 23.9 Å². The highest BCUT2D eigenvalue weighted by molar-refractivity contribution is 7.99. The van der Waals surface area contributed by atoms with Crippen LogP contribution in [0.25, 0.3) is 0 Å².